The molecule has 0 radical (unpaired) electrons. The van der Waals surface area contributed by atoms with E-state index in [1.165, 1.54) is 12.0 Å². The van der Waals surface area contributed by atoms with Gasteiger partial charge in [-0.2, -0.15) is 0 Å². The molecule has 4 aliphatic carbocycles. The second-order valence-corrected chi connectivity index (χ2v) is 8.83. The molecule has 4 saturated carbocycles. The Morgan fingerprint density at radius 1 is 1.00 bits per heavy atom. The van der Waals surface area contributed by atoms with Gasteiger partial charge < -0.3 is 10.6 Å². The summed E-state index contributed by atoms with van der Waals surface area (Å²) in [5.41, 5.74) is 1.18. The summed E-state index contributed by atoms with van der Waals surface area (Å²) in [4.78, 5) is 23.9. The number of hydrogen-bond donors (Lipinski definition) is 2. The Balaban J connectivity index is 1.73. The normalized spacial score (nSPS) is 36.7. The van der Waals surface area contributed by atoms with Crippen molar-refractivity contribution < 1.29 is 9.59 Å². The van der Waals surface area contributed by atoms with E-state index in [-0.39, 0.29) is 28.8 Å². The van der Waals surface area contributed by atoms with Crippen LogP contribution in [0.25, 0.3) is 0 Å². The average molecular weight is 340 g/mol. The maximum Gasteiger partial charge on any atom is 0.217 e. The van der Waals surface area contributed by atoms with Crippen LogP contribution in [0.2, 0.25) is 0 Å². The summed E-state index contributed by atoms with van der Waals surface area (Å²) in [5.74, 6) is 1.42. The number of amides is 2. The van der Waals surface area contributed by atoms with Gasteiger partial charge in [0.2, 0.25) is 11.8 Å². The summed E-state index contributed by atoms with van der Waals surface area (Å²) in [7, 11) is 0. The molecule has 5 atom stereocenters. The third kappa shape index (κ3) is 2.96. The molecule has 4 bridgehead atoms. The average Bonchev–Trinajstić information content (AvgIpc) is 2.50. The maximum atomic E-state index is 12.0. The van der Waals surface area contributed by atoms with Crippen LogP contribution in [0.3, 0.4) is 0 Å². The number of carbonyl (C=O) groups is 2. The van der Waals surface area contributed by atoms with Crippen LogP contribution in [0.4, 0.5) is 0 Å². The SMILES string of the molecule is CC(=O)NC(c1ccccc1)C12C[C@@H]3C[C@@H](CC(NC(C)=O)(C3)C1)C2. The lowest BCUT2D eigenvalue weighted by molar-refractivity contribution is -0.136. The molecule has 4 nitrogen and oxygen atoms in total. The van der Waals surface area contributed by atoms with Crippen LogP contribution in [0, 0.1) is 17.3 Å². The maximum absolute atomic E-state index is 12.0. The van der Waals surface area contributed by atoms with Crippen LogP contribution in [-0.4, -0.2) is 17.4 Å². The zero-order valence-corrected chi connectivity index (χ0v) is 15.2. The standard InChI is InChI=1S/C21H28N2O2/c1-14(24)22-19(18-6-4-3-5-7-18)20-9-16-8-17(10-20)12-21(11-16,13-20)23-15(2)25/h3-7,16-17,19H,8-13H2,1-2H3,(H,22,24)(H,23,25)/t16-,17+,19?,20?,21?. The molecule has 2 amide bonds. The van der Waals surface area contributed by atoms with Crippen molar-refractivity contribution in [2.24, 2.45) is 17.3 Å². The highest BCUT2D eigenvalue weighted by atomic mass is 16.2. The van der Waals surface area contributed by atoms with Crippen LogP contribution in [0.15, 0.2) is 30.3 Å². The molecular weight excluding hydrogens is 312 g/mol. The monoisotopic (exact) mass is 340 g/mol. The third-order valence-electron chi connectivity index (χ3n) is 6.64. The number of nitrogens with one attached hydrogen (secondary N) is 2. The van der Waals surface area contributed by atoms with E-state index in [4.69, 9.17) is 0 Å². The van der Waals surface area contributed by atoms with E-state index in [9.17, 15) is 9.59 Å². The summed E-state index contributed by atoms with van der Waals surface area (Å²) in [6.45, 7) is 3.24. The van der Waals surface area contributed by atoms with E-state index >= 15 is 0 Å². The molecule has 0 heterocycles. The second kappa shape index (κ2) is 5.86. The predicted octanol–water partition coefficient (Wildman–Crippen LogP) is 3.34. The number of carbonyl (C=O) groups excluding carboxylic acids is 2. The molecule has 25 heavy (non-hydrogen) atoms. The highest BCUT2D eigenvalue weighted by Crippen LogP contribution is 2.65. The molecule has 4 aliphatic rings. The first-order valence-electron chi connectivity index (χ1n) is 9.51. The molecule has 0 aliphatic heterocycles. The first-order chi connectivity index (χ1) is 11.9. The zero-order valence-electron chi connectivity index (χ0n) is 15.2. The minimum atomic E-state index is -0.0680. The number of rotatable bonds is 4. The van der Waals surface area contributed by atoms with Crippen molar-refractivity contribution in [2.45, 2.75) is 64.0 Å². The fourth-order valence-electron chi connectivity index (χ4n) is 6.63. The lowest BCUT2D eigenvalue weighted by Gasteiger charge is -2.64. The first kappa shape index (κ1) is 16.6. The fraction of sp³-hybridized carbons (Fsp3) is 0.619. The van der Waals surface area contributed by atoms with E-state index in [2.05, 4.69) is 22.8 Å². The van der Waals surface area contributed by atoms with E-state index < -0.39 is 0 Å². The van der Waals surface area contributed by atoms with Crippen molar-refractivity contribution in [1.29, 1.82) is 0 Å². The van der Waals surface area contributed by atoms with Gasteiger partial charge in [0.25, 0.3) is 0 Å². The smallest absolute Gasteiger partial charge is 0.217 e. The Bertz CT molecular complexity index is 670. The Labute approximate surface area is 149 Å². The summed E-state index contributed by atoms with van der Waals surface area (Å²) < 4.78 is 0. The number of hydrogen-bond acceptors (Lipinski definition) is 2. The molecule has 134 valence electrons. The first-order valence-corrected chi connectivity index (χ1v) is 9.51. The quantitative estimate of drug-likeness (QED) is 0.883. The van der Waals surface area contributed by atoms with Gasteiger partial charge in [-0.1, -0.05) is 30.3 Å². The van der Waals surface area contributed by atoms with E-state index in [1.807, 2.05) is 18.2 Å². The molecule has 2 N–H and O–H groups in total. The Hall–Kier alpha value is -1.84. The Morgan fingerprint density at radius 3 is 2.20 bits per heavy atom. The van der Waals surface area contributed by atoms with Crippen LogP contribution >= 0.6 is 0 Å². The molecule has 1 aromatic rings. The zero-order chi connectivity index (χ0) is 17.7. The molecule has 3 unspecified atom stereocenters. The molecular formula is C21H28N2O2. The van der Waals surface area contributed by atoms with Crippen molar-refractivity contribution in [3.63, 3.8) is 0 Å². The third-order valence-corrected chi connectivity index (χ3v) is 6.64. The Morgan fingerprint density at radius 2 is 1.64 bits per heavy atom. The summed E-state index contributed by atoms with van der Waals surface area (Å²) in [6, 6.07) is 10.4. The van der Waals surface area contributed by atoms with Gasteiger partial charge in [0.15, 0.2) is 0 Å². The number of benzene rings is 1. The van der Waals surface area contributed by atoms with Crippen molar-refractivity contribution in [2.75, 3.05) is 0 Å². The van der Waals surface area contributed by atoms with Gasteiger partial charge in [-0.25, -0.2) is 0 Å². The molecule has 0 aromatic heterocycles. The lowest BCUT2D eigenvalue weighted by Crippen LogP contribution is -2.65. The predicted molar refractivity (Wildman–Crippen MR) is 96.7 cm³/mol. The van der Waals surface area contributed by atoms with Gasteiger partial charge in [-0.3, -0.25) is 9.59 Å². The van der Waals surface area contributed by atoms with Crippen LogP contribution in [-0.2, 0) is 9.59 Å². The summed E-state index contributed by atoms with van der Waals surface area (Å²) in [5, 5.41) is 6.59. The molecule has 1 aromatic carbocycles. The van der Waals surface area contributed by atoms with Gasteiger partial charge in [0.1, 0.15) is 0 Å². The van der Waals surface area contributed by atoms with Crippen molar-refractivity contribution in [3.05, 3.63) is 35.9 Å². The van der Waals surface area contributed by atoms with Gasteiger partial charge in [0, 0.05) is 19.4 Å². The largest absolute Gasteiger partial charge is 0.351 e. The van der Waals surface area contributed by atoms with E-state index in [0.29, 0.717) is 11.8 Å². The van der Waals surface area contributed by atoms with Gasteiger partial charge in [-0.15, -0.1) is 0 Å². The van der Waals surface area contributed by atoms with Crippen LogP contribution in [0.5, 0.6) is 0 Å². The van der Waals surface area contributed by atoms with E-state index in [0.717, 1.165) is 32.1 Å². The summed E-state index contributed by atoms with van der Waals surface area (Å²) >= 11 is 0. The molecule has 4 heteroatoms. The van der Waals surface area contributed by atoms with Crippen LogP contribution < -0.4 is 10.6 Å². The van der Waals surface area contributed by atoms with Crippen LogP contribution in [0.1, 0.15) is 64.0 Å². The topological polar surface area (TPSA) is 58.2 Å². The lowest BCUT2D eigenvalue weighted by atomic mass is 9.44. The molecule has 0 spiro atoms. The van der Waals surface area contributed by atoms with Gasteiger partial charge >= 0.3 is 0 Å². The van der Waals surface area contributed by atoms with Crippen molar-refractivity contribution in [3.8, 4) is 0 Å². The molecule has 0 saturated heterocycles. The highest BCUT2D eigenvalue weighted by Gasteiger charge is 2.60. The van der Waals surface area contributed by atoms with Gasteiger partial charge in [0.05, 0.1) is 6.04 Å². The Kier molecular flexibility index (Phi) is 3.89. The van der Waals surface area contributed by atoms with Crippen molar-refractivity contribution >= 4 is 11.8 Å². The highest BCUT2D eigenvalue weighted by molar-refractivity contribution is 5.74. The minimum absolute atomic E-state index is 0.0261. The van der Waals surface area contributed by atoms with Gasteiger partial charge in [-0.05, 0) is 61.3 Å². The minimum Gasteiger partial charge on any atom is -0.351 e. The fourth-order valence-corrected chi connectivity index (χ4v) is 6.63. The molecule has 4 fully saturated rings. The van der Waals surface area contributed by atoms with Crippen molar-refractivity contribution in [1.82, 2.24) is 10.6 Å². The molecule has 5 rings (SSSR count). The summed E-state index contributed by atoms with van der Waals surface area (Å²) in [6.07, 6.45) is 6.78. The van der Waals surface area contributed by atoms with E-state index in [1.54, 1.807) is 13.8 Å². The second-order valence-electron chi connectivity index (χ2n) is 8.83.